The number of likely N-dealkylation sites (N-methyl/N-ethyl adjacent to an activating group) is 1. The van der Waals surface area contributed by atoms with E-state index < -0.39 is 17.7 Å². The number of amides is 1. The van der Waals surface area contributed by atoms with Gasteiger partial charge in [0.05, 0.1) is 0 Å². The molecule has 2 N–H and O–H groups in total. The monoisotopic (exact) mass is 283 g/mol. The van der Waals surface area contributed by atoms with Crippen molar-refractivity contribution in [3.05, 3.63) is 29.3 Å². The minimum atomic E-state index is -0.619. The van der Waals surface area contributed by atoms with Crippen molar-refractivity contribution in [1.82, 2.24) is 10.6 Å². The Morgan fingerprint density at radius 3 is 2.55 bits per heavy atom. The van der Waals surface area contributed by atoms with Crippen LogP contribution in [0.2, 0.25) is 0 Å². The molecule has 0 radical (unpaired) electrons. The van der Waals surface area contributed by atoms with E-state index in [2.05, 4.69) is 10.6 Å². The van der Waals surface area contributed by atoms with Crippen LogP contribution in [0.3, 0.4) is 0 Å². The van der Waals surface area contributed by atoms with Gasteiger partial charge in [-0.25, -0.2) is 8.78 Å². The Kier molecular flexibility index (Phi) is 4.54. The minimum absolute atomic E-state index is 0.101. The Labute approximate surface area is 117 Å². The summed E-state index contributed by atoms with van der Waals surface area (Å²) in [5, 5.41) is 5.39. The molecule has 1 aliphatic rings. The van der Waals surface area contributed by atoms with Gasteiger partial charge in [-0.05, 0) is 37.6 Å². The first-order chi connectivity index (χ1) is 9.58. The third-order valence-electron chi connectivity index (χ3n) is 3.55. The van der Waals surface area contributed by atoms with Crippen molar-refractivity contribution in [3.63, 3.8) is 0 Å². The first kappa shape index (κ1) is 14.7. The molecule has 1 aliphatic heterocycles. The van der Waals surface area contributed by atoms with Crippen molar-refractivity contribution in [1.29, 1.82) is 0 Å². The highest BCUT2D eigenvalue weighted by Gasteiger charge is 2.33. The first-order valence-corrected chi connectivity index (χ1v) is 6.69. The Morgan fingerprint density at radius 1 is 1.35 bits per heavy atom. The maximum Gasteiger partial charge on any atom is 0.242 e. The third-order valence-corrected chi connectivity index (χ3v) is 3.55. The summed E-state index contributed by atoms with van der Waals surface area (Å²) >= 11 is 0. The molecule has 110 valence electrons. The summed E-state index contributed by atoms with van der Waals surface area (Å²) in [4.78, 5) is 13.3. The maximum absolute atomic E-state index is 14.2. The molecule has 1 saturated heterocycles. The number of anilines is 1. The largest absolute Gasteiger partial charge is 0.357 e. The van der Waals surface area contributed by atoms with Crippen LogP contribution in [0.4, 0.5) is 14.5 Å². The van der Waals surface area contributed by atoms with Gasteiger partial charge >= 0.3 is 0 Å². The summed E-state index contributed by atoms with van der Waals surface area (Å²) in [6.07, 6.45) is 1.35. The number of halogens is 2. The predicted octanol–water partition coefficient (Wildman–Crippen LogP) is 1.40. The zero-order valence-corrected chi connectivity index (χ0v) is 11.7. The molecule has 0 aromatic heterocycles. The first-order valence-electron chi connectivity index (χ1n) is 6.69. The van der Waals surface area contributed by atoms with E-state index >= 15 is 0 Å². The minimum Gasteiger partial charge on any atom is -0.357 e. The van der Waals surface area contributed by atoms with Crippen molar-refractivity contribution < 1.29 is 13.6 Å². The molecule has 1 aromatic carbocycles. The second kappa shape index (κ2) is 6.17. The summed E-state index contributed by atoms with van der Waals surface area (Å²) in [6.45, 7) is 0.879. The molecule has 0 saturated carbocycles. The highest BCUT2D eigenvalue weighted by molar-refractivity contribution is 5.85. The van der Waals surface area contributed by atoms with Crippen LogP contribution in [0, 0.1) is 11.6 Å². The number of carbonyl (C=O) groups excluding carboxylic acids is 1. The average Bonchev–Trinajstić information content (AvgIpc) is 2.86. The van der Waals surface area contributed by atoms with Crippen LogP contribution in [0.5, 0.6) is 0 Å². The van der Waals surface area contributed by atoms with Gasteiger partial charge < -0.3 is 15.5 Å². The standard InChI is InChI=1S/C14H19F2N3O/c1-17-8-9-6-10(15)13(11(16)7-9)19-5-3-4-12(19)14(20)18-2/h6-7,12,17H,3-5,8H2,1-2H3,(H,18,20). The molecular formula is C14H19F2N3O. The fourth-order valence-electron chi connectivity index (χ4n) is 2.67. The van der Waals surface area contributed by atoms with Crippen LogP contribution in [0.25, 0.3) is 0 Å². The Balaban J connectivity index is 2.34. The lowest BCUT2D eigenvalue weighted by atomic mass is 10.1. The van der Waals surface area contributed by atoms with Crippen molar-refractivity contribution >= 4 is 11.6 Å². The molecule has 2 rings (SSSR count). The number of nitrogens with one attached hydrogen (secondary N) is 2. The van der Waals surface area contributed by atoms with Crippen molar-refractivity contribution in [2.75, 3.05) is 25.5 Å². The molecule has 1 aromatic rings. The average molecular weight is 283 g/mol. The van der Waals surface area contributed by atoms with Gasteiger partial charge in [-0.3, -0.25) is 4.79 Å². The van der Waals surface area contributed by atoms with Crippen molar-refractivity contribution in [2.45, 2.75) is 25.4 Å². The van der Waals surface area contributed by atoms with Crippen LogP contribution in [0.15, 0.2) is 12.1 Å². The fraction of sp³-hybridized carbons (Fsp3) is 0.500. The lowest BCUT2D eigenvalue weighted by Gasteiger charge is -2.26. The van der Waals surface area contributed by atoms with Crippen LogP contribution in [-0.2, 0) is 11.3 Å². The number of hydrogen-bond acceptors (Lipinski definition) is 3. The third kappa shape index (κ3) is 2.75. The Hall–Kier alpha value is -1.69. The number of nitrogens with zero attached hydrogens (tertiary/aromatic N) is 1. The van der Waals surface area contributed by atoms with Gasteiger partial charge in [-0.15, -0.1) is 0 Å². The molecule has 6 heteroatoms. The van der Waals surface area contributed by atoms with Gasteiger partial charge in [-0.1, -0.05) is 0 Å². The summed E-state index contributed by atoms with van der Waals surface area (Å²) in [5.41, 5.74) is 0.442. The van der Waals surface area contributed by atoms with E-state index in [9.17, 15) is 13.6 Å². The highest BCUT2D eigenvalue weighted by Crippen LogP contribution is 2.31. The van der Waals surface area contributed by atoms with E-state index in [1.54, 1.807) is 7.05 Å². The fourth-order valence-corrected chi connectivity index (χ4v) is 2.67. The van der Waals surface area contributed by atoms with E-state index in [1.807, 2.05) is 0 Å². The van der Waals surface area contributed by atoms with Crippen molar-refractivity contribution in [2.24, 2.45) is 0 Å². The predicted molar refractivity (Wildman–Crippen MR) is 73.6 cm³/mol. The summed E-state index contributed by atoms with van der Waals surface area (Å²) in [7, 11) is 3.24. The number of rotatable bonds is 4. The maximum atomic E-state index is 14.2. The van der Waals surface area contributed by atoms with Crippen LogP contribution >= 0.6 is 0 Å². The van der Waals surface area contributed by atoms with Gasteiger partial charge in [0, 0.05) is 20.1 Å². The van der Waals surface area contributed by atoms with E-state index in [1.165, 1.54) is 24.1 Å². The SMILES string of the molecule is CNCc1cc(F)c(N2CCCC2C(=O)NC)c(F)c1. The molecular weight excluding hydrogens is 264 g/mol. The summed E-state index contributed by atoms with van der Waals surface area (Å²) in [6, 6.07) is 2.13. The second-order valence-corrected chi connectivity index (χ2v) is 4.90. The smallest absolute Gasteiger partial charge is 0.242 e. The molecule has 1 atom stereocenters. The number of carbonyl (C=O) groups is 1. The van der Waals surface area contributed by atoms with E-state index in [-0.39, 0.29) is 11.6 Å². The van der Waals surface area contributed by atoms with Crippen LogP contribution in [-0.4, -0.2) is 32.6 Å². The number of hydrogen-bond donors (Lipinski definition) is 2. The van der Waals surface area contributed by atoms with Crippen LogP contribution in [0.1, 0.15) is 18.4 Å². The summed E-state index contributed by atoms with van der Waals surface area (Å²) in [5.74, 6) is -1.45. The lowest BCUT2D eigenvalue weighted by Crippen LogP contribution is -2.42. The molecule has 4 nitrogen and oxygen atoms in total. The highest BCUT2D eigenvalue weighted by atomic mass is 19.1. The molecule has 1 unspecified atom stereocenters. The molecule has 20 heavy (non-hydrogen) atoms. The van der Waals surface area contributed by atoms with Crippen LogP contribution < -0.4 is 15.5 Å². The van der Waals surface area contributed by atoms with E-state index in [0.717, 1.165) is 6.42 Å². The molecule has 0 bridgehead atoms. The molecule has 1 heterocycles. The number of benzene rings is 1. The molecule has 1 fully saturated rings. The second-order valence-electron chi connectivity index (χ2n) is 4.90. The zero-order chi connectivity index (χ0) is 14.7. The van der Waals surface area contributed by atoms with Gasteiger partial charge in [0.15, 0.2) is 0 Å². The van der Waals surface area contributed by atoms with Crippen molar-refractivity contribution in [3.8, 4) is 0 Å². The van der Waals surface area contributed by atoms with Gasteiger partial charge in [0.2, 0.25) is 5.91 Å². The van der Waals surface area contributed by atoms with E-state index in [0.29, 0.717) is 25.1 Å². The normalized spacial score (nSPS) is 18.4. The zero-order valence-electron chi connectivity index (χ0n) is 11.7. The lowest BCUT2D eigenvalue weighted by molar-refractivity contribution is -0.121. The van der Waals surface area contributed by atoms with Gasteiger partial charge in [-0.2, -0.15) is 0 Å². The quantitative estimate of drug-likeness (QED) is 0.878. The molecule has 1 amide bonds. The van der Waals surface area contributed by atoms with E-state index in [4.69, 9.17) is 0 Å². The Morgan fingerprint density at radius 2 is 2.00 bits per heavy atom. The summed E-state index contributed by atoms with van der Waals surface area (Å²) < 4.78 is 28.4. The Bertz CT molecular complexity index is 484. The van der Waals surface area contributed by atoms with Gasteiger partial charge in [0.1, 0.15) is 23.4 Å². The molecule has 0 aliphatic carbocycles. The topological polar surface area (TPSA) is 44.4 Å². The molecule has 0 spiro atoms. The van der Waals surface area contributed by atoms with Gasteiger partial charge in [0.25, 0.3) is 0 Å².